The Balaban J connectivity index is 1.91. The number of hydrogen-bond acceptors (Lipinski definition) is 6. The van der Waals surface area contributed by atoms with Crippen LogP contribution in [0.5, 0.6) is 0 Å². The van der Waals surface area contributed by atoms with Crippen LogP contribution in [0.15, 0.2) is 54.9 Å². The van der Waals surface area contributed by atoms with Crippen molar-refractivity contribution in [2.45, 2.75) is 13.5 Å². The van der Waals surface area contributed by atoms with Gasteiger partial charge in [-0.25, -0.2) is 9.97 Å². The molecule has 0 fully saturated rings. The highest BCUT2D eigenvalue weighted by atomic mass is 35.5. The van der Waals surface area contributed by atoms with Gasteiger partial charge in [0.2, 0.25) is 11.6 Å². The SMILES string of the molecule is Cc1c(Cl)cccc1Nc1ncnc(NCc2ccccc2)c1[N+](=O)[O-]. The zero-order valence-corrected chi connectivity index (χ0v) is 14.7. The van der Waals surface area contributed by atoms with Gasteiger partial charge in [-0.3, -0.25) is 10.1 Å². The van der Waals surface area contributed by atoms with Gasteiger partial charge in [0.15, 0.2) is 0 Å². The molecule has 0 atom stereocenters. The summed E-state index contributed by atoms with van der Waals surface area (Å²) in [6.07, 6.45) is 1.28. The van der Waals surface area contributed by atoms with Crippen LogP contribution in [0, 0.1) is 17.0 Å². The minimum Gasteiger partial charge on any atom is -0.360 e. The fraction of sp³-hybridized carbons (Fsp3) is 0.111. The molecule has 0 amide bonds. The monoisotopic (exact) mass is 369 g/mol. The first kappa shape index (κ1) is 17.6. The molecule has 1 aromatic heterocycles. The number of benzene rings is 2. The molecule has 8 heteroatoms. The van der Waals surface area contributed by atoms with Crippen LogP contribution in [0.2, 0.25) is 5.02 Å². The van der Waals surface area contributed by atoms with Crippen molar-refractivity contribution in [3.63, 3.8) is 0 Å². The van der Waals surface area contributed by atoms with Gasteiger partial charge in [0.1, 0.15) is 6.33 Å². The quantitative estimate of drug-likeness (QED) is 0.483. The van der Waals surface area contributed by atoms with E-state index in [1.54, 1.807) is 18.2 Å². The molecule has 0 aliphatic heterocycles. The number of aromatic nitrogens is 2. The highest BCUT2D eigenvalue weighted by Gasteiger charge is 2.23. The first-order chi connectivity index (χ1) is 12.6. The van der Waals surface area contributed by atoms with Gasteiger partial charge in [-0.2, -0.15) is 0 Å². The maximum Gasteiger partial charge on any atom is 0.353 e. The number of nitrogens with zero attached hydrogens (tertiary/aromatic N) is 3. The molecule has 0 spiro atoms. The Bertz CT molecular complexity index is 934. The van der Waals surface area contributed by atoms with Crippen LogP contribution in [-0.4, -0.2) is 14.9 Å². The highest BCUT2D eigenvalue weighted by Crippen LogP contribution is 2.33. The molecular weight excluding hydrogens is 354 g/mol. The molecule has 3 aromatic rings. The van der Waals surface area contributed by atoms with Crippen molar-refractivity contribution in [2.75, 3.05) is 10.6 Å². The van der Waals surface area contributed by atoms with E-state index in [0.29, 0.717) is 17.3 Å². The minimum absolute atomic E-state index is 0.103. The third-order valence-corrected chi connectivity index (χ3v) is 4.24. The normalized spacial score (nSPS) is 10.4. The molecule has 0 aliphatic rings. The maximum atomic E-state index is 11.6. The molecule has 2 N–H and O–H groups in total. The number of rotatable bonds is 6. The van der Waals surface area contributed by atoms with Crippen molar-refractivity contribution in [3.8, 4) is 0 Å². The van der Waals surface area contributed by atoms with Crippen LogP contribution in [-0.2, 0) is 6.54 Å². The summed E-state index contributed by atoms with van der Waals surface area (Å²) < 4.78 is 0. The van der Waals surface area contributed by atoms with E-state index in [1.807, 2.05) is 37.3 Å². The molecular formula is C18H16ClN5O2. The van der Waals surface area contributed by atoms with Gasteiger partial charge in [0.05, 0.1) is 4.92 Å². The predicted octanol–water partition coefficient (Wildman–Crippen LogP) is 4.70. The van der Waals surface area contributed by atoms with Crippen molar-refractivity contribution in [3.05, 3.63) is 81.1 Å². The summed E-state index contributed by atoms with van der Waals surface area (Å²) >= 11 is 6.11. The lowest BCUT2D eigenvalue weighted by Crippen LogP contribution is -2.08. The standard InChI is InChI=1S/C18H16ClN5O2/c1-12-14(19)8-5-9-15(12)23-18-16(24(25)26)17(21-11-22-18)20-10-13-6-3-2-4-7-13/h2-9,11H,10H2,1H3,(H2,20,21,22,23). The fourth-order valence-corrected chi connectivity index (χ4v) is 2.60. The minimum atomic E-state index is -0.504. The van der Waals surface area contributed by atoms with E-state index in [1.165, 1.54) is 6.33 Å². The van der Waals surface area contributed by atoms with Crippen LogP contribution >= 0.6 is 11.6 Å². The van der Waals surface area contributed by atoms with Gasteiger partial charge in [-0.15, -0.1) is 0 Å². The molecule has 26 heavy (non-hydrogen) atoms. The average Bonchev–Trinajstić information content (AvgIpc) is 2.64. The Morgan fingerprint density at radius 1 is 1.08 bits per heavy atom. The predicted molar refractivity (Wildman–Crippen MR) is 102 cm³/mol. The second-order valence-electron chi connectivity index (χ2n) is 5.55. The lowest BCUT2D eigenvalue weighted by atomic mass is 10.2. The molecule has 0 saturated carbocycles. The van der Waals surface area contributed by atoms with E-state index in [-0.39, 0.29) is 17.3 Å². The molecule has 0 radical (unpaired) electrons. The maximum absolute atomic E-state index is 11.6. The molecule has 3 rings (SSSR count). The van der Waals surface area contributed by atoms with Crippen molar-refractivity contribution < 1.29 is 4.92 Å². The first-order valence-electron chi connectivity index (χ1n) is 7.85. The molecule has 7 nitrogen and oxygen atoms in total. The second-order valence-corrected chi connectivity index (χ2v) is 5.96. The topological polar surface area (TPSA) is 93.0 Å². The number of halogens is 1. The summed E-state index contributed by atoms with van der Waals surface area (Å²) in [5.41, 5.74) is 2.19. The summed E-state index contributed by atoms with van der Waals surface area (Å²) in [6.45, 7) is 2.24. The zero-order chi connectivity index (χ0) is 18.5. The lowest BCUT2D eigenvalue weighted by molar-refractivity contribution is -0.383. The van der Waals surface area contributed by atoms with E-state index in [4.69, 9.17) is 11.6 Å². The summed E-state index contributed by atoms with van der Waals surface area (Å²) in [7, 11) is 0. The summed E-state index contributed by atoms with van der Waals surface area (Å²) in [4.78, 5) is 19.2. The molecule has 2 aromatic carbocycles. The van der Waals surface area contributed by atoms with E-state index in [0.717, 1.165) is 11.1 Å². The second kappa shape index (κ2) is 7.79. The fourth-order valence-electron chi connectivity index (χ4n) is 2.42. The number of hydrogen-bond donors (Lipinski definition) is 2. The van der Waals surface area contributed by atoms with Gasteiger partial charge >= 0.3 is 5.69 Å². The van der Waals surface area contributed by atoms with Crippen molar-refractivity contribution in [1.29, 1.82) is 0 Å². The lowest BCUT2D eigenvalue weighted by Gasteiger charge is -2.12. The van der Waals surface area contributed by atoms with Gasteiger partial charge in [0.25, 0.3) is 0 Å². The van der Waals surface area contributed by atoms with Crippen molar-refractivity contribution in [2.24, 2.45) is 0 Å². The molecule has 132 valence electrons. The Labute approximate surface area is 155 Å². The Kier molecular flexibility index (Phi) is 5.28. The molecule has 0 unspecified atom stereocenters. The van der Waals surface area contributed by atoms with Crippen LogP contribution in [0.3, 0.4) is 0 Å². The Hall–Kier alpha value is -3.19. The van der Waals surface area contributed by atoms with Crippen LogP contribution in [0.4, 0.5) is 23.0 Å². The molecule has 0 bridgehead atoms. The number of nitrogens with one attached hydrogen (secondary N) is 2. The average molecular weight is 370 g/mol. The van der Waals surface area contributed by atoms with Crippen LogP contribution in [0.1, 0.15) is 11.1 Å². The Morgan fingerprint density at radius 3 is 2.54 bits per heavy atom. The Morgan fingerprint density at radius 2 is 1.81 bits per heavy atom. The van der Waals surface area contributed by atoms with Gasteiger partial charge in [0, 0.05) is 17.3 Å². The van der Waals surface area contributed by atoms with Gasteiger partial charge in [-0.1, -0.05) is 48.0 Å². The van der Waals surface area contributed by atoms with Gasteiger partial charge < -0.3 is 10.6 Å². The van der Waals surface area contributed by atoms with E-state index in [2.05, 4.69) is 20.6 Å². The van der Waals surface area contributed by atoms with E-state index >= 15 is 0 Å². The highest BCUT2D eigenvalue weighted by molar-refractivity contribution is 6.31. The smallest absolute Gasteiger partial charge is 0.353 e. The van der Waals surface area contributed by atoms with Crippen molar-refractivity contribution >= 4 is 34.6 Å². The third-order valence-electron chi connectivity index (χ3n) is 3.83. The number of nitro groups is 1. The summed E-state index contributed by atoms with van der Waals surface area (Å²) in [5, 5.41) is 18.2. The third kappa shape index (κ3) is 3.89. The van der Waals surface area contributed by atoms with Crippen LogP contribution in [0.25, 0.3) is 0 Å². The largest absolute Gasteiger partial charge is 0.360 e. The summed E-state index contributed by atoms with van der Waals surface area (Å²) in [6, 6.07) is 14.9. The number of anilines is 3. The zero-order valence-electron chi connectivity index (χ0n) is 13.9. The summed E-state index contributed by atoms with van der Waals surface area (Å²) in [5.74, 6) is 0.252. The molecule has 0 saturated heterocycles. The van der Waals surface area contributed by atoms with E-state index < -0.39 is 4.92 Å². The van der Waals surface area contributed by atoms with Gasteiger partial charge in [-0.05, 0) is 30.2 Å². The molecule has 1 heterocycles. The molecule has 0 aliphatic carbocycles. The van der Waals surface area contributed by atoms with E-state index in [9.17, 15) is 10.1 Å². The van der Waals surface area contributed by atoms with Crippen LogP contribution < -0.4 is 10.6 Å². The van der Waals surface area contributed by atoms with Crippen molar-refractivity contribution in [1.82, 2.24) is 9.97 Å². The first-order valence-corrected chi connectivity index (χ1v) is 8.23.